The van der Waals surface area contributed by atoms with Gasteiger partial charge in [0, 0.05) is 21.1 Å². The van der Waals surface area contributed by atoms with Gasteiger partial charge in [-0.3, -0.25) is 0 Å². The van der Waals surface area contributed by atoms with Crippen molar-refractivity contribution in [1.29, 1.82) is 5.26 Å². The van der Waals surface area contributed by atoms with Crippen molar-refractivity contribution in [2.75, 3.05) is 0 Å². The zero-order chi connectivity index (χ0) is 21.3. The van der Waals surface area contributed by atoms with Crippen molar-refractivity contribution in [1.82, 2.24) is 0 Å². The molecule has 1 heterocycles. The molecule has 7 heteroatoms. The predicted molar refractivity (Wildman–Crippen MR) is 116 cm³/mol. The predicted octanol–water partition coefficient (Wildman–Crippen LogP) is 5.54. The molecule has 0 amide bonds. The lowest BCUT2D eigenvalue weighted by atomic mass is 9.83. The molecule has 4 rings (SSSR count). The quantitative estimate of drug-likeness (QED) is 0.392. The van der Waals surface area contributed by atoms with Crippen LogP contribution >= 0.6 is 27.5 Å². The van der Waals surface area contributed by atoms with Gasteiger partial charge < -0.3 is 15.2 Å². The van der Waals surface area contributed by atoms with Gasteiger partial charge in [-0.1, -0.05) is 51.8 Å². The van der Waals surface area contributed by atoms with Crippen LogP contribution in [0.4, 0.5) is 0 Å². The van der Waals surface area contributed by atoms with E-state index in [1.54, 1.807) is 36.4 Å². The molecule has 1 aliphatic heterocycles. The normalized spacial score (nSPS) is 15.0. The number of fused-ring (bicyclic) bond motifs is 1. The van der Waals surface area contributed by atoms with Gasteiger partial charge in [-0.05, 0) is 42.0 Å². The second-order valence-electron chi connectivity index (χ2n) is 6.58. The average molecular weight is 482 g/mol. The maximum atomic E-state index is 12.4. The lowest BCUT2D eigenvalue weighted by Crippen LogP contribution is -2.21. The van der Waals surface area contributed by atoms with Crippen molar-refractivity contribution >= 4 is 33.5 Å². The summed E-state index contributed by atoms with van der Waals surface area (Å²) in [5, 5.41) is 10.1. The highest BCUT2D eigenvalue weighted by atomic mass is 79.9. The van der Waals surface area contributed by atoms with Gasteiger partial charge in [0.25, 0.3) is 0 Å². The molecule has 1 unspecified atom stereocenters. The van der Waals surface area contributed by atoms with Gasteiger partial charge in [0.1, 0.15) is 23.1 Å². The van der Waals surface area contributed by atoms with Gasteiger partial charge in [-0.15, -0.1) is 0 Å². The summed E-state index contributed by atoms with van der Waals surface area (Å²) in [6.45, 7) is 0. The second kappa shape index (κ2) is 8.23. The van der Waals surface area contributed by atoms with Gasteiger partial charge in [-0.25, -0.2) is 4.79 Å². The van der Waals surface area contributed by atoms with Crippen LogP contribution in [0.15, 0.2) is 82.7 Å². The summed E-state index contributed by atoms with van der Waals surface area (Å²) in [4.78, 5) is 12.4. The first-order valence-electron chi connectivity index (χ1n) is 8.91. The number of nitrogens with two attached hydrogens (primary N) is 1. The van der Waals surface area contributed by atoms with Gasteiger partial charge in [0.05, 0.1) is 11.5 Å². The SMILES string of the molecule is N#CC1=C(N)Oc2cc(OC(=O)c3cccc(Cl)c3)ccc2C1c1ccc(Br)cc1. The minimum atomic E-state index is -0.543. The number of rotatable bonds is 3. The largest absolute Gasteiger partial charge is 0.440 e. The third kappa shape index (κ3) is 3.90. The van der Waals surface area contributed by atoms with E-state index >= 15 is 0 Å². The van der Waals surface area contributed by atoms with Crippen LogP contribution in [0.3, 0.4) is 0 Å². The van der Waals surface area contributed by atoms with Gasteiger partial charge in [-0.2, -0.15) is 5.26 Å². The molecule has 0 aliphatic carbocycles. The van der Waals surface area contributed by atoms with Crippen LogP contribution in [0, 0.1) is 11.3 Å². The van der Waals surface area contributed by atoms with Crippen molar-refractivity contribution in [2.45, 2.75) is 5.92 Å². The Hall–Kier alpha value is -3.27. The molecule has 0 saturated carbocycles. The van der Waals surface area contributed by atoms with Crippen molar-refractivity contribution in [3.05, 3.63) is 104 Å². The molecule has 3 aromatic rings. The molecule has 30 heavy (non-hydrogen) atoms. The number of allylic oxidation sites excluding steroid dienone is 1. The van der Waals surface area contributed by atoms with E-state index < -0.39 is 5.97 Å². The highest BCUT2D eigenvalue weighted by Gasteiger charge is 2.31. The molecule has 1 aliphatic rings. The number of hydrogen-bond acceptors (Lipinski definition) is 5. The van der Waals surface area contributed by atoms with Crippen molar-refractivity contribution in [3.8, 4) is 17.6 Å². The maximum Gasteiger partial charge on any atom is 0.343 e. The number of carbonyl (C=O) groups excluding carboxylic acids is 1. The number of nitriles is 1. The molecule has 2 N–H and O–H groups in total. The van der Waals surface area contributed by atoms with Crippen LogP contribution in [0.2, 0.25) is 5.02 Å². The fourth-order valence-corrected chi connectivity index (χ4v) is 3.73. The summed E-state index contributed by atoms with van der Waals surface area (Å²) in [6, 6.07) is 21.3. The van der Waals surface area contributed by atoms with E-state index in [1.165, 1.54) is 6.07 Å². The lowest BCUT2D eigenvalue weighted by Gasteiger charge is -2.26. The number of ether oxygens (including phenoxy) is 2. The minimum absolute atomic E-state index is 0.0243. The Morgan fingerprint density at radius 3 is 2.60 bits per heavy atom. The number of benzene rings is 3. The third-order valence-electron chi connectivity index (χ3n) is 4.66. The molecule has 0 radical (unpaired) electrons. The highest BCUT2D eigenvalue weighted by molar-refractivity contribution is 9.10. The van der Waals surface area contributed by atoms with Crippen LogP contribution in [0.5, 0.6) is 11.5 Å². The van der Waals surface area contributed by atoms with Crippen molar-refractivity contribution in [2.24, 2.45) is 5.73 Å². The molecule has 3 aromatic carbocycles. The maximum absolute atomic E-state index is 12.4. The Morgan fingerprint density at radius 1 is 1.13 bits per heavy atom. The van der Waals surface area contributed by atoms with Crippen LogP contribution in [0.1, 0.15) is 27.4 Å². The summed E-state index contributed by atoms with van der Waals surface area (Å²) in [5.41, 5.74) is 8.33. The van der Waals surface area contributed by atoms with Crippen LogP contribution in [0.25, 0.3) is 0 Å². The second-order valence-corrected chi connectivity index (χ2v) is 7.93. The lowest BCUT2D eigenvalue weighted by molar-refractivity contribution is 0.0734. The van der Waals surface area contributed by atoms with E-state index in [0.717, 1.165) is 15.6 Å². The first kappa shape index (κ1) is 20.0. The number of esters is 1. The summed E-state index contributed by atoms with van der Waals surface area (Å²) >= 11 is 9.36. The van der Waals surface area contributed by atoms with E-state index in [0.29, 0.717) is 27.7 Å². The van der Waals surface area contributed by atoms with Gasteiger partial charge in [0.2, 0.25) is 5.88 Å². The van der Waals surface area contributed by atoms with Crippen molar-refractivity contribution in [3.63, 3.8) is 0 Å². The number of hydrogen-bond donors (Lipinski definition) is 1. The van der Waals surface area contributed by atoms with Crippen molar-refractivity contribution < 1.29 is 14.3 Å². The molecule has 0 fully saturated rings. The molecule has 0 aromatic heterocycles. The highest BCUT2D eigenvalue weighted by Crippen LogP contribution is 2.43. The smallest absolute Gasteiger partial charge is 0.343 e. The Labute approximate surface area is 186 Å². The zero-order valence-corrected chi connectivity index (χ0v) is 17.8. The average Bonchev–Trinajstić information content (AvgIpc) is 2.73. The number of nitrogens with zero attached hydrogens (tertiary/aromatic N) is 1. The van der Waals surface area contributed by atoms with Gasteiger partial charge in [0.15, 0.2) is 0 Å². The first-order valence-corrected chi connectivity index (χ1v) is 10.1. The molecule has 148 valence electrons. The Kier molecular flexibility index (Phi) is 5.49. The molecular weight excluding hydrogens is 468 g/mol. The molecule has 0 saturated heterocycles. The standard InChI is InChI=1S/C23H14BrClN2O3/c24-15-6-4-13(5-7-15)21-18-9-8-17(11-20(18)30-22(27)19(21)12-26)29-23(28)14-2-1-3-16(25)10-14/h1-11,21H,27H2. The minimum Gasteiger partial charge on any atom is -0.440 e. The molecular formula is C23H14BrClN2O3. The van der Waals surface area contributed by atoms with Crippen LogP contribution in [-0.4, -0.2) is 5.97 Å². The van der Waals surface area contributed by atoms with Gasteiger partial charge >= 0.3 is 5.97 Å². The molecule has 0 spiro atoms. The van der Waals surface area contributed by atoms with Crippen LogP contribution in [-0.2, 0) is 0 Å². The van der Waals surface area contributed by atoms with E-state index in [1.807, 2.05) is 24.3 Å². The summed E-state index contributed by atoms with van der Waals surface area (Å²) in [7, 11) is 0. The fourth-order valence-electron chi connectivity index (χ4n) is 3.28. The van der Waals surface area contributed by atoms with E-state index in [9.17, 15) is 10.1 Å². The Morgan fingerprint density at radius 2 is 1.90 bits per heavy atom. The third-order valence-corrected chi connectivity index (χ3v) is 5.43. The topological polar surface area (TPSA) is 85.3 Å². The molecule has 1 atom stereocenters. The Balaban J connectivity index is 1.69. The van der Waals surface area contributed by atoms with E-state index in [-0.39, 0.29) is 11.8 Å². The van der Waals surface area contributed by atoms with E-state index in [2.05, 4.69) is 22.0 Å². The monoisotopic (exact) mass is 480 g/mol. The Bertz CT molecular complexity index is 1220. The molecule has 5 nitrogen and oxygen atoms in total. The summed E-state index contributed by atoms with van der Waals surface area (Å²) in [5.74, 6) is -0.183. The zero-order valence-electron chi connectivity index (χ0n) is 15.4. The number of halogens is 2. The first-order chi connectivity index (χ1) is 14.5. The summed E-state index contributed by atoms with van der Waals surface area (Å²) in [6.07, 6.45) is 0. The van der Waals surface area contributed by atoms with Crippen LogP contribution < -0.4 is 15.2 Å². The fraction of sp³-hybridized carbons (Fsp3) is 0.0435. The molecule has 0 bridgehead atoms. The van der Waals surface area contributed by atoms with E-state index in [4.69, 9.17) is 26.8 Å². The summed E-state index contributed by atoms with van der Waals surface area (Å²) < 4.78 is 12.1. The number of carbonyl (C=O) groups is 1.